The Morgan fingerprint density at radius 1 is 1.00 bits per heavy atom. The second-order valence-corrected chi connectivity index (χ2v) is 7.21. The highest BCUT2D eigenvalue weighted by Gasteiger charge is 2.37. The van der Waals surface area contributed by atoms with E-state index in [2.05, 4.69) is 23.4 Å². The molecule has 2 amide bonds. The van der Waals surface area contributed by atoms with Crippen LogP contribution in [0.2, 0.25) is 0 Å². The van der Waals surface area contributed by atoms with Gasteiger partial charge in [-0.1, -0.05) is 23.8 Å². The molecular weight excluding hydrogens is 358 g/mol. The van der Waals surface area contributed by atoms with Crippen molar-refractivity contribution in [3.8, 4) is 0 Å². The number of imide groups is 1. The normalized spacial score (nSPS) is 17.2. The van der Waals surface area contributed by atoms with Crippen molar-refractivity contribution in [2.75, 3.05) is 38.1 Å². The summed E-state index contributed by atoms with van der Waals surface area (Å²) in [5, 5.41) is 1.99. The number of benzene rings is 2. The molecule has 7 heteroatoms. The number of amides is 2. The maximum atomic E-state index is 12.9. The number of nitrogens with zero attached hydrogens (tertiary/aromatic N) is 3. The summed E-state index contributed by atoms with van der Waals surface area (Å²) < 4.78 is 0. The van der Waals surface area contributed by atoms with Crippen LogP contribution in [0, 0.1) is 0 Å². The number of carbonyl (C=O) groups is 3. The highest BCUT2D eigenvalue weighted by atomic mass is 16.7. The van der Waals surface area contributed by atoms with E-state index in [1.807, 2.05) is 12.1 Å². The fourth-order valence-corrected chi connectivity index (χ4v) is 3.63. The Bertz CT molecular complexity index is 999. The summed E-state index contributed by atoms with van der Waals surface area (Å²) in [6, 6.07) is 8.96. The van der Waals surface area contributed by atoms with Crippen LogP contribution in [0.4, 0.5) is 5.69 Å². The number of rotatable bonds is 3. The van der Waals surface area contributed by atoms with Gasteiger partial charge < -0.3 is 14.6 Å². The lowest BCUT2D eigenvalue weighted by Gasteiger charge is -2.35. The predicted octanol–water partition coefficient (Wildman–Crippen LogP) is 2.22. The third-order valence-electron chi connectivity index (χ3n) is 5.21. The molecule has 2 heterocycles. The van der Waals surface area contributed by atoms with Crippen LogP contribution in [0.25, 0.3) is 10.8 Å². The number of hydroxylamine groups is 2. The first-order valence-electron chi connectivity index (χ1n) is 9.14. The lowest BCUT2D eigenvalue weighted by atomic mass is 9.93. The first-order chi connectivity index (χ1) is 13.4. The van der Waals surface area contributed by atoms with Gasteiger partial charge in [0.25, 0.3) is 11.8 Å². The molecule has 2 aliphatic heterocycles. The van der Waals surface area contributed by atoms with Crippen LogP contribution in [0.3, 0.4) is 0 Å². The van der Waals surface area contributed by atoms with Gasteiger partial charge in [0, 0.05) is 48.2 Å². The number of likely N-dealkylation sites (N-methyl/N-ethyl adjacent to an activating group) is 1. The van der Waals surface area contributed by atoms with Crippen molar-refractivity contribution in [2.45, 2.75) is 6.92 Å². The molecule has 4 rings (SSSR count). The molecule has 0 saturated carbocycles. The first kappa shape index (κ1) is 18.2. The number of piperazine rings is 1. The summed E-state index contributed by atoms with van der Waals surface area (Å²) in [5.41, 5.74) is 1.80. The Balaban J connectivity index is 1.79. The van der Waals surface area contributed by atoms with Crippen molar-refractivity contribution >= 4 is 34.2 Å². The third-order valence-corrected chi connectivity index (χ3v) is 5.21. The van der Waals surface area contributed by atoms with Gasteiger partial charge in [-0.3, -0.25) is 9.59 Å². The zero-order valence-electron chi connectivity index (χ0n) is 15.9. The summed E-state index contributed by atoms with van der Waals surface area (Å²) in [6.45, 7) is 8.59. The molecule has 2 aromatic carbocycles. The molecule has 1 fully saturated rings. The molecule has 0 radical (unpaired) electrons. The van der Waals surface area contributed by atoms with E-state index in [9.17, 15) is 14.4 Å². The zero-order chi connectivity index (χ0) is 20.0. The third kappa shape index (κ3) is 2.84. The zero-order valence-corrected chi connectivity index (χ0v) is 15.9. The average Bonchev–Trinajstić information content (AvgIpc) is 2.69. The maximum absolute atomic E-state index is 12.9. The molecule has 0 N–H and O–H groups in total. The van der Waals surface area contributed by atoms with E-state index in [-0.39, 0.29) is 5.57 Å². The largest absolute Gasteiger partial charge is 0.368 e. The highest BCUT2D eigenvalue weighted by Crippen LogP contribution is 2.36. The number of hydrogen-bond acceptors (Lipinski definition) is 6. The highest BCUT2D eigenvalue weighted by molar-refractivity contribution is 6.26. The summed E-state index contributed by atoms with van der Waals surface area (Å²) in [4.78, 5) is 47.2. The minimum absolute atomic E-state index is 0.106. The van der Waals surface area contributed by atoms with Crippen molar-refractivity contribution in [3.05, 3.63) is 53.6 Å². The van der Waals surface area contributed by atoms with Gasteiger partial charge in [0.05, 0.1) is 11.1 Å². The monoisotopic (exact) mass is 379 g/mol. The van der Waals surface area contributed by atoms with Gasteiger partial charge >= 0.3 is 5.97 Å². The molecule has 0 atom stereocenters. The van der Waals surface area contributed by atoms with Crippen molar-refractivity contribution in [2.24, 2.45) is 0 Å². The van der Waals surface area contributed by atoms with E-state index in [4.69, 9.17) is 4.84 Å². The van der Waals surface area contributed by atoms with Crippen LogP contribution in [0.1, 0.15) is 27.6 Å². The molecule has 0 unspecified atom stereocenters. The van der Waals surface area contributed by atoms with E-state index in [0.29, 0.717) is 21.6 Å². The van der Waals surface area contributed by atoms with Crippen LogP contribution >= 0.6 is 0 Å². The van der Waals surface area contributed by atoms with Crippen molar-refractivity contribution in [1.82, 2.24) is 9.96 Å². The van der Waals surface area contributed by atoms with Gasteiger partial charge in [0.15, 0.2) is 0 Å². The molecule has 144 valence electrons. The first-order valence-corrected chi connectivity index (χ1v) is 9.14. The smallest absolute Gasteiger partial charge is 0.359 e. The number of hydrogen-bond donors (Lipinski definition) is 0. The van der Waals surface area contributed by atoms with Gasteiger partial charge in [0.2, 0.25) is 0 Å². The summed E-state index contributed by atoms with van der Waals surface area (Å²) in [5.74, 6) is -2.10. The van der Waals surface area contributed by atoms with Crippen molar-refractivity contribution in [1.29, 1.82) is 0 Å². The molecule has 7 nitrogen and oxygen atoms in total. The van der Waals surface area contributed by atoms with E-state index in [1.54, 1.807) is 18.2 Å². The van der Waals surface area contributed by atoms with Gasteiger partial charge in [-0.2, -0.15) is 0 Å². The molecule has 0 bridgehead atoms. The Morgan fingerprint density at radius 3 is 2.29 bits per heavy atom. The Labute approximate surface area is 162 Å². The molecule has 2 aromatic rings. The maximum Gasteiger partial charge on any atom is 0.359 e. The lowest BCUT2D eigenvalue weighted by Crippen LogP contribution is -2.45. The molecule has 28 heavy (non-hydrogen) atoms. The Hall–Kier alpha value is -3.19. The van der Waals surface area contributed by atoms with Gasteiger partial charge in [-0.05, 0) is 32.2 Å². The van der Waals surface area contributed by atoms with Crippen LogP contribution in [-0.4, -0.2) is 61.0 Å². The molecule has 2 aliphatic rings. The fourth-order valence-electron chi connectivity index (χ4n) is 3.63. The summed E-state index contributed by atoms with van der Waals surface area (Å²) in [7, 11) is 2.09. The topological polar surface area (TPSA) is 70.2 Å². The lowest BCUT2D eigenvalue weighted by molar-refractivity contribution is -0.164. The molecule has 1 saturated heterocycles. The minimum Gasteiger partial charge on any atom is -0.368 e. The minimum atomic E-state index is -0.814. The van der Waals surface area contributed by atoms with Crippen molar-refractivity contribution in [3.63, 3.8) is 0 Å². The SMILES string of the molecule is C=C(C)C(=O)ON1C(=O)c2cccc3c(N4CCN(C)CC4)ccc(c23)C1=O. The molecule has 0 aromatic heterocycles. The second-order valence-electron chi connectivity index (χ2n) is 7.21. The molecular formula is C21H21N3O4. The van der Waals surface area contributed by atoms with Crippen LogP contribution in [0.5, 0.6) is 0 Å². The number of carbonyl (C=O) groups excluding carboxylic acids is 3. The Morgan fingerprint density at radius 2 is 1.64 bits per heavy atom. The quantitative estimate of drug-likeness (QED) is 0.602. The van der Waals surface area contributed by atoms with E-state index in [0.717, 1.165) is 37.3 Å². The van der Waals surface area contributed by atoms with Gasteiger partial charge in [-0.25, -0.2) is 4.79 Å². The fraction of sp³-hybridized carbons (Fsp3) is 0.286. The van der Waals surface area contributed by atoms with E-state index < -0.39 is 17.8 Å². The Kier molecular flexibility index (Phi) is 4.39. The average molecular weight is 379 g/mol. The van der Waals surface area contributed by atoms with Gasteiger partial charge in [-0.15, -0.1) is 0 Å². The number of anilines is 1. The van der Waals surface area contributed by atoms with E-state index >= 15 is 0 Å². The van der Waals surface area contributed by atoms with E-state index in [1.165, 1.54) is 6.92 Å². The molecule has 0 aliphatic carbocycles. The van der Waals surface area contributed by atoms with Crippen molar-refractivity contribution < 1.29 is 19.2 Å². The summed E-state index contributed by atoms with van der Waals surface area (Å²) in [6.07, 6.45) is 0. The predicted molar refractivity (Wildman–Crippen MR) is 105 cm³/mol. The standard InChI is InChI=1S/C21H21N3O4/c1-13(2)21(27)28-24-19(25)15-6-4-5-14-17(23-11-9-22(3)10-12-23)8-7-16(18(14)15)20(24)26/h4-8H,1,9-12H2,2-3H3. The summed E-state index contributed by atoms with van der Waals surface area (Å²) >= 11 is 0. The van der Waals surface area contributed by atoms with Crippen LogP contribution in [0.15, 0.2) is 42.5 Å². The van der Waals surface area contributed by atoms with Crippen LogP contribution in [-0.2, 0) is 9.63 Å². The van der Waals surface area contributed by atoms with Gasteiger partial charge in [0.1, 0.15) is 0 Å². The second kappa shape index (κ2) is 6.76. The van der Waals surface area contributed by atoms with Crippen LogP contribution < -0.4 is 4.90 Å². The molecule has 0 spiro atoms.